The second kappa shape index (κ2) is 5.72. The predicted molar refractivity (Wildman–Crippen MR) is 64.4 cm³/mol. The van der Waals surface area contributed by atoms with E-state index in [0.29, 0.717) is 11.7 Å². The average molecular weight is 244 g/mol. The van der Waals surface area contributed by atoms with E-state index in [4.69, 9.17) is 0 Å². The fourth-order valence-electron chi connectivity index (χ4n) is 1.84. The van der Waals surface area contributed by atoms with Crippen LogP contribution in [0.5, 0.6) is 0 Å². The fraction of sp³-hybridized carbons (Fsp3) is 0.700. The summed E-state index contributed by atoms with van der Waals surface area (Å²) in [7, 11) is -0.704. The molecular weight excluding hydrogens is 228 g/mol. The molecule has 0 aliphatic carbocycles. The third-order valence-electron chi connectivity index (χ3n) is 2.67. The molecule has 0 radical (unpaired) electrons. The summed E-state index contributed by atoms with van der Waals surface area (Å²) in [5, 5.41) is 3.33. The Bertz CT molecular complexity index is 307. The van der Waals surface area contributed by atoms with Gasteiger partial charge in [0.2, 0.25) is 0 Å². The molecule has 15 heavy (non-hydrogen) atoms. The van der Waals surface area contributed by atoms with Gasteiger partial charge in [-0.3, -0.25) is 9.19 Å². The summed E-state index contributed by atoms with van der Waals surface area (Å²) in [6.45, 7) is 2.17. The molecule has 0 amide bonds. The van der Waals surface area contributed by atoms with Gasteiger partial charge in [-0.1, -0.05) is 0 Å². The Morgan fingerprint density at radius 2 is 2.33 bits per heavy atom. The second-order valence-corrected chi connectivity index (χ2v) is 6.38. The summed E-state index contributed by atoms with van der Waals surface area (Å²) < 4.78 is 11.8. The summed E-state index contributed by atoms with van der Waals surface area (Å²) >= 11 is 1.60. The lowest BCUT2D eigenvalue weighted by Gasteiger charge is -2.21. The summed E-state index contributed by atoms with van der Waals surface area (Å²) in [6, 6.07) is 0. The lowest BCUT2D eigenvalue weighted by molar-refractivity contribution is 0.405. The molecule has 1 aliphatic heterocycles. The Morgan fingerprint density at radius 3 is 3.00 bits per heavy atom. The van der Waals surface area contributed by atoms with Crippen LogP contribution in [0.3, 0.4) is 0 Å². The average Bonchev–Trinajstić information content (AvgIpc) is 2.71. The zero-order valence-corrected chi connectivity index (χ0v) is 10.3. The predicted octanol–water partition coefficient (Wildman–Crippen LogP) is 1.39. The van der Waals surface area contributed by atoms with E-state index in [1.165, 1.54) is 12.8 Å². The summed E-state index contributed by atoms with van der Waals surface area (Å²) in [5.41, 5.74) is 1.80. The normalized spacial score (nSPS) is 20.3. The van der Waals surface area contributed by atoms with E-state index in [0.717, 1.165) is 23.7 Å². The molecule has 1 N–H and O–H groups in total. The molecule has 0 saturated carbocycles. The van der Waals surface area contributed by atoms with Crippen LogP contribution < -0.4 is 5.32 Å². The molecule has 84 valence electrons. The number of aromatic nitrogens is 1. The maximum Gasteiger partial charge on any atom is 0.0794 e. The van der Waals surface area contributed by atoms with Gasteiger partial charge in [0.15, 0.2) is 0 Å². The summed E-state index contributed by atoms with van der Waals surface area (Å²) in [4.78, 5) is 5.14. The molecule has 0 spiro atoms. The smallest absolute Gasteiger partial charge is 0.0794 e. The van der Waals surface area contributed by atoms with Crippen LogP contribution in [0.15, 0.2) is 11.7 Å². The zero-order chi connectivity index (χ0) is 10.5. The molecule has 0 aromatic carbocycles. The third kappa shape index (κ3) is 3.66. The minimum atomic E-state index is -0.704. The Hall–Kier alpha value is -0.260. The lowest BCUT2D eigenvalue weighted by atomic mass is 10.0. The van der Waals surface area contributed by atoms with Gasteiger partial charge in [-0.15, -0.1) is 11.3 Å². The van der Waals surface area contributed by atoms with Gasteiger partial charge in [0, 0.05) is 27.6 Å². The molecule has 0 bridgehead atoms. The Balaban J connectivity index is 1.76. The standard InChI is InChI=1S/C10H16N2OS2/c13-15(7-10-5-12-8-14-10)6-9-1-3-11-4-2-9/h5,8-9,11H,1-4,6-7H2. The molecule has 1 aromatic rings. The molecule has 1 atom stereocenters. The van der Waals surface area contributed by atoms with Gasteiger partial charge in [0.1, 0.15) is 0 Å². The minimum absolute atomic E-state index is 0.653. The van der Waals surface area contributed by atoms with E-state index < -0.39 is 10.8 Å². The number of rotatable bonds is 4. The highest BCUT2D eigenvalue weighted by molar-refractivity contribution is 7.84. The summed E-state index contributed by atoms with van der Waals surface area (Å²) in [6.07, 6.45) is 4.17. The zero-order valence-electron chi connectivity index (χ0n) is 8.65. The summed E-state index contributed by atoms with van der Waals surface area (Å²) in [5.74, 6) is 2.20. The van der Waals surface area contributed by atoms with Crippen molar-refractivity contribution >= 4 is 22.1 Å². The van der Waals surface area contributed by atoms with E-state index in [1.54, 1.807) is 16.8 Å². The first-order chi connectivity index (χ1) is 7.34. The highest BCUT2D eigenvalue weighted by Crippen LogP contribution is 2.16. The van der Waals surface area contributed by atoms with E-state index in [-0.39, 0.29) is 0 Å². The van der Waals surface area contributed by atoms with Gasteiger partial charge in [-0.05, 0) is 31.8 Å². The van der Waals surface area contributed by atoms with Crippen molar-refractivity contribution in [2.24, 2.45) is 5.92 Å². The van der Waals surface area contributed by atoms with Crippen molar-refractivity contribution in [1.82, 2.24) is 10.3 Å². The van der Waals surface area contributed by atoms with Crippen LogP contribution >= 0.6 is 11.3 Å². The van der Waals surface area contributed by atoms with Crippen LogP contribution in [-0.2, 0) is 16.6 Å². The van der Waals surface area contributed by atoms with Crippen molar-refractivity contribution < 1.29 is 4.21 Å². The van der Waals surface area contributed by atoms with Gasteiger partial charge in [0.25, 0.3) is 0 Å². The number of thiazole rings is 1. The first-order valence-electron chi connectivity index (χ1n) is 5.27. The van der Waals surface area contributed by atoms with Crippen LogP contribution in [0, 0.1) is 5.92 Å². The Morgan fingerprint density at radius 1 is 1.53 bits per heavy atom. The monoisotopic (exact) mass is 244 g/mol. The molecule has 1 fully saturated rings. The molecule has 3 nitrogen and oxygen atoms in total. The van der Waals surface area contributed by atoms with Gasteiger partial charge < -0.3 is 5.32 Å². The van der Waals surface area contributed by atoms with Gasteiger partial charge in [-0.2, -0.15) is 0 Å². The first kappa shape index (κ1) is 11.2. The van der Waals surface area contributed by atoms with Crippen LogP contribution in [0.2, 0.25) is 0 Å². The Labute approximate surface area is 96.8 Å². The lowest BCUT2D eigenvalue weighted by Crippen LogP contribution is -2.30. The van der Waals surface area contributed by atoms with E-state index in [2.05, 4.69) is 10.3 Å². The van der Waals surface area contributed by atoms with Crippen LogP contribution in [0.4, 0.5) is 0 Å². The molecular formula is C10H16N2OS2. The highest BCUT2D eigenvalue weighted by atomic mass is 32.2. The number of nitrogens with zero attached hydrogens (tertiary/aromatic N) is 1. The first-order valence-corrected chi connectivity index (χ1v) is 7.64. The molecule has 1 aromatic heterocycles. The SMILES string of the molecule is O=S(Cc1cncs1)CC1CCNCC1. The topological polar surface area (TPSA) is 42.0 Å². The van der Waals surface area contributed by atoms with Crippen LogP contribution in [-0.4, -0.2) is 28.0 Å². The minimum Gasteiger partial charge on any atom is -0.317 e. The number of hydrogen-bond acceptors (Lipinski definition) is 4. The number of nitrogens with one attached hydrogen (secondary N) is 1. The maximum atomic E-state index is 11.8. The third-order valence-corrected chi connectivity index (χ3v) is 5.11. The maximum absolute atomic E-state index is 11.8. The van der Waals surface area contributed by atoms with Gasteiger partial charge in [-0.25, -0.2) is 0 Å². The fourth-order valence-corrected chi connectivity index (χ4v) is 4.26. The molecule has 1 saturated heterocycles. The van der Waals surface area contributed by atoms with Crippen molar-refractivity contribution in [3.8, 4) is 0 Å². The number of piperidine rings is 1. The molecule has 1 aliphatic rings. The number of hydrogen-bond donors (Lipinski definition) is 1. The van der Waals surface area contributed by atoms with Crippen molar-refractivity contribution in [3.05, 3.63) is 16.6 Å². The van der Waals surface area contributed by atoms with Gasteiger partial charge >= 0.3 is 0 Å². The quantitative estimate of drug-likeness (QED) is 0.870. The molecule has 2 rings (SSSR count). The van der Waals surface area contributed by atoms with Crippen LogP contribution in [0.1, 0.15) is 17.7 Å². The highest BCUT2D eigenvalue weighted by Gasteiger charge is 2.16. The molecule has 5 heteroatoms. The van der Waals surface area contributed by atoms with E-state index in [1.807, 2.05) is 6.20 Å². The van der Waals surface area contributed by atoms with Crippen molar-refractivity contribution in [3.63, 3.8) is 0 Å². The molecule has 1 unspecified atom stereocenters. The second-order valence-electron chi connectivity index (χ2n) is 3.91. The van der Waals surface area contributed by atoms with Crippen LogP contribution in [0.25, 0.3) is 0 Å². The molecule has 2 heterocycles. The van der Waals surface area contributed by atoms with Gasteiger partial charge in [0.05, 0.1) is 11.3 Å². The Kier molecular flexibility index (Phi) is 4.29. The van der Waals surface area contributed by atoms with Crippen molar-refractivity contribution in [2.45, 2.75) is 18.6 Å². The van der Waals surface area contributed by atoms with E-state index in [9.17, 15) is 4.21 Å². The van der Waals surface area contributed by atoms with Crippen molar-refractivity contribution in [2.75, 3.05) is 18.8 Å². The van der Waals surface area contributed by atoms with Crippen molar-refractivity contribution in [1.29, 1.82) is 0 Å². The van der Waals surface area contributed by atoms with E-state index >= 15 is 0 Å². The largest absolute Gasteiger partial charge is 0.317 e.